The number of ketones is 1. The zero-order valence-corrected chi connectivity index (χ0v) is 9.53. The second kappa shape index (κ2) is 4.66. The van der Waals surface area contributed by atoms with Gasteiger partial charge >= 0.3 is 0 Å². The van der Waals surface area contributed by atoms with E-state index in [4.69, 9.17) is 10.5 Å². The standard InChI is InChI=1S/C13H17NO2/c1-9-4-5-10(7-12(9)14)13(15)11-3-2-6-16-8-11/h4-5,7,11H,2-3,6,8,14H2,1H3. The molecule has 1 aliphatic heterocycles. The Labute approximate surface area is 95.6 Å². The minimum atomic E-state index is 0.0101. The van der Waals surface area contributed by atoms with Gasteiger partial charge in [-0.2, -0.15) is 0 Å². The molecule has 16 heavy (non-hydrogen) atoms. The van der Waals surface area contributed by atoms with Gasteiger partial charge in [0.2, 0.25) is 0 Å². The van der Waals surface area contributed by atoms with E-state index < -0.39 is 0 Å². The number of anilines is 1. The number of carbonyl (C=O) groups excluding carboxylic acids is 1. The highest BCUT2D eigenvalue weighted by atomic mass is 16.5. The van der Waals surface area contributed by atoms with Crippen LogP contribution < -0.4 is 5.73 Å². The van der Waals surface area contributed by atoms with Crippen LogP contribution in [-0.2, 0) is 4.74 Å². The predicted molar refractivity (Wildman–Crippen MR) is 63.5 cm³/mol. The van der Waals surface area contributed by atoms with Crippen LogP contribution in [0.3, 0.4) is 0 Å². The molecule has 0 aromatic heterocycles. The Morgan fingerprint density at radius 1 is 1.50 bits per heavy atom. The molecule has 1 saturated heterocycles. The van der Waals surface area contributed by atoms with Crippen LogP contribution in [0, 0.1) is 12.8 Å². The van der Waals surface area contributed by atoms with Crippen LogP contribution in [0.4, 0.5) is 5.69 Å². The Bertz CT molecular complexity index is 395. The molecular formula is C13H17NO2. The molecule has 0 bridgehead atoms. The Balaban J connectivity index is 2.16. The fourth-order valence-electron chi connectivity index (χ4n) is 1.98. The van der Waals surface area contributed by atoms with E-state index in [9.17, 15) is 4.79 Å². The predicted octanol–water partition coefficient (Wildman–Crippen LogP) is 2.19. The average Bonchev–Trinajstić information content (AvgIpc) is 2.33. The monoisotopic (exact) mass is 219 g/mol. The van der Waals surface area contributed by atoms with Gasteiger partial charge in [-0.05, 0) is 31.4 Å². The molecule has 1 aromatic carbocycles. The van der Waals surface area contributed by atoms with Crippen LogP contribution >= 0.6 is 0 Å². The lowest BCUT2D eigenvalue weighted by Crippen LogP contribution is -2.25. The van der Waals surface area contributed by atoms with E-state index in [0.717, 1.165) is 25.0 Å². The van der Waals surface area contributed by atoms with E-state index >= 15 is 0 Å². The third kappa shape index (κ3) is 2.25. The molecule has 0 aliphatic carbocycles. The Morgan fingerprint density at radius 2 is 2.31 bits per heavy atom. The molecule has 1 fully saturated rings. The maximum Gasteiger partial charge on any atom is 0.168 e. The fourth-order valence-corrected chi connectivity index (χ4v) is 1.98. The molecule has 0 radical (unpaired) electrons. The van der Waals surface area contributed by atoms with Crippen molar-refractivity contribution in [3.63, 3.8) is 0 Å². The average molecular weight is 219 g/mol. The van der Waals surface area contributed by atoms with E-state index in [2.05, 4.69) is 0 Å². The number of nitrogen functional groups attached to an aromatic ring is 1. The number of nitrogens with two attached hydrogens (primary N) is 1. The lowest BCUT2D eigenvalue weighted by atomic mass is 9.92. The van der Waals surface area contributed by atoms with Crippen molar-refractivity contribution in [2.24, 2.45) is 5.92 Å². The molecule has 2 N–H and O–H groups in total. The summed E-state index contributed by atoms with van der Waals surface area (Å²) in [5.74, 6) is 0.169. The van der Waals surface area contributed by atoms with Gasteiger partial charge in [-0.25, -0.2) is 0 Å². The van der Waals surface area contributed by atoms with E-state index in [1.807, 2.05) is 19.1 Å². The SMILES string of the molecule is Cc1ccc(C(=O)C2CCCOC2)cc1N. The summed E-state index contributed by atoms with van der Waals surface area (Å²) >= 11 is 0. The number of hydrogen-bond donors (Lipinski definition) is 1. The second-order valence-corrected chi connectivity index (χ2v) is 4.35. The van der Waals surface area contributed by atoms with Crippen molar-refractivity contribution in [2.75, 3.05) is 18.9 Å². The summed E-state index contributed by atoms with van der Waals surface area (Å²) in [5.41, 5.74) is 8.21. The quantitative estimate of drug-likeness (QED) is 0.612. The number of benzene rings is 1. The van der Waals surface area contributed by atoms with Gasteiger partial charge in [-0.15, -0.1) is 0 Å². The lowest BCUT2D eigenvalue weighted by Gasteiger charge is -2.21. The Morgan fingerprint density at radius 3 is 2.94 bits per heavy atom. The van der Waals surface area contributed by atoms with E-state index in [1.54, 1.807) is 6.07 Å². The van der Waals surface area contributed by atoms with Crippen LogP contribution in [0.1, 0.15) is 28.8 Å². The molecular weight excluding hydrogens is 202 g/mol. The number of Topliss-reactive ketones (excluding diaryl/α,β-unsaturated/α-hetero) is 1. The minimum Gasteiger partial charge on any atom is -0.398 e. The second-order valence-electron chi connectivity index (χ2n) is 4.35. The van der Waals surface area contributed by atoms with Crippen molar-refractivity contribution in [3.8, 4) is 0 Å². The number of carbonyl (C=O) groups is 1. The van der Waals surface area contributed by atoms with Gasteiger partial charge < -0.3 is 10.5 Å². The number of rotatable bonds is 2. The van der Waals surface area contributed by atoms with E-state index in [0.29, 0.717) is 17.9 Å². The van der Waals surface area contributed by atoms with Gasteiger partial charge in [0, 0.05) is 23.8 Å². The van der Waals surface area contributed by atoms with Gasteiger partial charge in [0.1, 0.15) is 0 Å². The molecule has 2 rings (SSSR count). The van der Waals surface area contributed by atoms with Crippen molar-refractivity contribution in [1.82, 2.24) is 0 Å². The smallest absolute Gasteiger partial charge is 0.168 e. The van der Waals surface area contributed by atoms with Crippen LogP contribution in [0.2, 0.25) is 0 Å². The van der Waals surface area contributed by atoms with Crippen LogP contribution in [-0.4, -0.2) is 19.0 Å². The Hall–Kier alpha value is -1.35. The van der Waals surface area contributed by atoms with Gasteiger partial charge in [-0.1, -0.05) is 12.1 Å². The van der Waals surface area contributed by atoms with Crippen molar-refractivity contribution in [1.29, 1.82) is 0 Å². The normalized spacial score (nSPS) is 20.7. The van der Waals surface area contributed by atoms with Crippen molar-refractivity contribution in [2.45, 2.75) is 19.8 Å². The molecule has 3 heteroatoms. The summed E-state index contributed by atoms with van der Waals surface area (Å²) in [5, 5.41) is 0. The number of hydrogen-bond acceptors (Lipinski definition) is 3. The summed E-state index contributed by atoms with van der Waals surface area (Å²) in [6.45, 7) is 3.26. The van der Waals surface area contributed by atoms with Crippen molar-refractivity contribution >= 4 is 11.5 Å². The Kier molecular flexibility index (Phi) is 3.25. The summed E-state index contributed by atoms with van der Waals surface area (Å²) < 4.78 is 5.33. The minimum absolute atomic E-state index is 0.0101. The molecule has 1 aliphatic rings. The van der Waals surface area contributed by atoms with Gasteiger partial charge in [-0.3, -0.25) is 4.79 Å². The molecule has 0 saturated carbocycles. The summed E-state index contributed by atoms with van der Waals surface area (Å²) in [6.07, 6.45) is 1.89. The number of ether oxygens (including phenoxy) is 1. The van der Waals surface area contributed by atoms with Crippen molar-refractivity contribution in [3.05, 3.63) is 29.3 Å². The third-order valence-electron chi connectivity index (χ3n) is 3.09. The molecule has 1 atom stereocenters. The summed E-state index contributed by atoms with van der Waals surface area (Å²) in [6, 6.07) is 5.52. The zero-order chi connectivity index (χ0) is 11.5. The van der Waals surface area contributed by atoms with Crippen molar-refractivity contribution < 1.29 is 9.53 Å². The van der Waals surface area contributed by atoms with E-state index in [1.165, 1.54) is 0 Å². The zero-order valence-electron chi connectivity index (χ0n) is 9.53. The summed E-state index contributed by atoms with van der Waals surface area (Å²) in [4.78, 5) is 12.1. The fraction of sp³-hybridized carbons (Fsp3) is 0.462. The highest BCUT2D eigenvalue weighted by Crippen LogP contribution is 2.21. The number of aryl methyl sites for hydroxylation is 1. The highest BCUT2D eigenvalue weighted by Gasteiger charge is 2.23. The van der Waals surface area contributed by atoms with Crippen LogP contribution in [0.5, 0.6) is 0 Å². The lowest BCUT2D eigenvalue weighted by molar-refractivity contribution is 0.0461. The van der Waals surface area contributed by atoms with Gasteiger partial charge in [0.05, 0.1) is 6.61 Å². The first-order valence-corrected chi connectivity index (χ1v) is 5.66. The van der Waals surface area contributed by atoms with Gasteiger partial charge in [0.25, 0.3) is 0 Å². The molecule has 0 spiro atoms. The molecule has 3 nitrogen and oxygen atoms in total. The third-order valence-corrected chi connectivity index (χ3v) is 3.09. The molecule has 86 valence electrons. The first kappa shape index (κ1) is 11.1. The molecule has 1 unspecified atom stereocenters. The topological polar surface area (TPSA) is 52.3 Å². The molecule has 1 aromatic rings. The van der Waals surface area contributed by atoms with Gasteiger partial charge in [0.15, 0.2) is 5.78 Å². The van der Waals surface area contributed by atoms with E-state index in [-0.39, 0.29) is 11.7 Å². The highest BCUT2D eigenvalue weighted by molar-refractivity contribution is 5.98. The first-order valence-electron chi connectivity index (χ1n) is 5.66. The van der Waals surface area contributed by atoms with Crippen LogP contribution in [0.25, 0.3) is 0 Å². The van der Waals surface area contributed by atoms with Crippen LogP contribution in [0.15, 0.2) is 18.2 Å². The largest absolute Gasteiger partial charge is 0.398 e. The maximum atomic E-state index is 12.1. The molecule has 1 heterocycles. The summed E-state index contributed by atoms with van der Waals surface area (Å²) in [7, 11) is 0. The molecule has 0 amide bonds. The first-order chi connectivity index (χ1) is 7.68. The maximum absolute atomic E-state index is 12.1.